The molecule has 1 rings (SSSR count). The van der Waals surface area contributed by atoms with Crippen molar-refractivity contribution in [2.75, 3.05) is 6.61 Å². The molecule has 1 heterocycles. The minimum absolute atomic E-state index is 0.0946. The van der Waals surface area contributed by atoms with Crippen LogP contribution in [-0.2, 0) is 4.74 Å². The lowest BCUT2D eigenvalue weighted by atomic mass is 9.89. The lowest BCUT2D eigenvalue weighted by Gasteiger charge is -2.39. The first-order chi connectivity index (χ1) is 5.57. The van der Waals surface area contributed by atoms with Crippen LogP contribution in [0.25, 0.3) is 0 Å². The molecule has 0 aromatic heterocycles. The van der Waals surface area contributed by atoms with Gasteiger partial charge in [-0.3, -0.25) is 0 Å². The second kappa shape index (κ2) is 3.70. The summed E-state index contributed by atoms with van der Waals surface area (Å²) in [5.41, 5.74) is 0. The Labute approximate surface area is 71.8 Å². The van der Waals surface area contributed by atoms with E-state index in [-0.39, 0.29) is 18.6 Å². The van der Waals surface area contributed by atoms with Crippen LogP contribution in [0.5, 0.6) is 0 Å². The number of aliphatic hydroxyl groups is 3. The van der Waals surface area contributed by atoms with Gasteiger partial charge in [-0.05, 0) is 6.92 Å². The third-order valence-corrected chi connectivity index (χ3v) is 2.58. The molecule has 0 saturated carbocycles. The Balaban J connectivity index is 2.63. The van der Waals surface area contributed by atoms with Crippen molar-refractivity contribution in [1.82, 2.24) is 0 Å². The molecule has 1 unspecified atom stereocenters. The predicted octanol–water partition coefficient (Wildman–Crippen LogP) is -0.876. The third kappa shape index (κ3) is 1.61. The van der Waals surface area contributed by atoms with E-state index >= 15 is 0 Å². The van der Waals surface area contributed by atoms with Crippen LogP contribution in [0.2, 0.25) is 0 Å². The number of hydrogen-bond acceptors (Lipinski definition) is 4. The van der Waals surface area contributed by atoms with E-state index in [1.54, 1.807) is 0 Å². The van der Waals surface area contributed by atoms with Crippen molar-refractivity contribution >= 4 is 0 Å². The highest BCUT2D eigenvalue weighted by Crippen LogP contribution is 2.25. The van der Waals surface area contributed by atoms with Crippen LogP contribution < -0.4 is 0 Å². The van der Waals surface area contributed by atoms with Gasteiger partial charge in [0.2, 0.25) is 0 Å². The van der Waals surface area contributed by atoms with Gasteiger partial charge in [0.25, 0.3) is 0 Å². The van der Waals surface area contributed by atoms with E-state index < -0.39 is 18.3 Å². The highest BCUT2D eigenvalue weighted by Gasteiger charge is 2.39. The zero-order chi connectivity index (χ0) is 9.30. The predicted molar refractivity (Wildman–Crippen MR) is 42.6 cm³/mol. The Morgan fingerprint density at radius 1 is 1.17 bits per heavy atom. The van der Waals surface area contributed by atoms with Gasteiger partial charge in [0.1, 0.15) is 12.2 Å². The molecule has 5 atom stereocenters. The van der Waals surface area contributed by atoms with Crippen LogP contribution in [0, 0.1) is 5.92 Å². The highest BCUT2D eigenvalue weighted by atomic mass is 16.5. The fourth-order valence-corrected chi connectivity index (χ4v) is 1.44. The number of aliphatic hydroxyl groups excluding tert-OH is 3. The molecule has 72 valence electrons. The van der Waals surface area contributed by atoms with E-state index in [1.807, 2.05) is 13.8 Å². The molecule has 4 heteroatoms. The maximum Gasteiger partial charge on any atom is 0.109 e. The van der Waals surface area contributed by atoms with E-state index in [0.717, 1.165) is 0 Å². The summed E-state index contributed by atoms with van der Waals surface area (Å²) in [4.78, 5) is 0. The zero-order valence-electron chi connectivity index (χ0n) is 7.34. The number of rotatable bonds is 1. The summed E-state index contributed by atoms with van der Waals surface area (Å²) in [5, 5.41) is 27.7. The molecule has 12 heavy (non-hydrogen) atoms. The van der Waals surface area contributed by atoms with Crippen LogP contribution in [0.15, 0.2) is 0 Å². The van der Waals surface area contributed by atoms with Crippen molar-refractivity contribution in [2.24, 2.45) is 5.92 Å². The quantitative estimate of drug-likeness (QED) is 0.485. The topological polar surface area (TPSA) is 69.9 Å². The van der Waals surface area contributed by atoms with Gasteiger partial charge in [-0.1, -0.05) is 6.92 Å². The van der Waals surface area contributed by atoms with Crippen molar-refractivity contribution in [1.29, 1.82) is 0 Å². The normalized spacial score (nSPS) is 49.2. The first-order valence-electron chi connectivity index (χ1n) is 4.20. The summed E-state index contributed by atoms with van der Waals surface area (Å²) < 4.78 is 5.27. The molecule has 0 spiro atoms. The van der Waals surface area contributed by atoms with Crippen molar-refractivity contribution in [2.45, 2.75) is 38.3 Å². The van der Waals surface area contributed by atoms with Crippen molar-refractivity contribution in [3.8, 4) is 0 Å². The standard InChI is InChI=1S/C8H16O4/c1-4-5(2)12-6(3-9)8(11)7(4)10/h4-11H,3H2,1-2H3/t4-,5?,6+,7+,8+/m0/s1. The van der Waals surface area contributed by atoms with Gasteiger partial charge in [-0.15, -0.1) is 0 Å². The Morgan fingerprint density at radius 2 is 1.75 bits per heavy atom. The number of ether oxygens (including phenoxy) is 1. The molecular weight excluding hydrogens is 160 g/mol. The lowest BCUT2D eigenvalue weighted by molar-refractivity contribution is -0.200. The average molecular weight is 176 g/mol. The van der Waals surface area contributed by atoms with Gasteiger partial charge in [-0.25, -0.2) is 0 Å². The zero-order valence-corrected chi connectivity index (χ0v) is 7.34. The molecule has 0 radical (unpaired) electrons. The molecule has 1 aliphatic rings. The maximum atomic E-state index is 9.48. The number of hydrogen-bond donors (Lipinski definition) is 3. The fourth-order valence-electron chi connectivity index (χ4n) is 1.44. The first kappa shape index (κ1) is 9.92. The van der Waals surface area contributed by atoms with Gasteiger partial charge >= 0.3 is 0 Å². The molecule has 0 aromatic carbocycles. The summed E-state index contributed by atoms with van der Waals surface area (Å²) in [7, 11) is 0. The fraction of sp³-hybridized carbons (Fsp3) is 1.00. The summed E-state index contributed by atoms with van der Waals surface area (Å²) in [6.07, 6.45) is -2.54. The molecule has 1 saturated heterocycles. The Morgan fingerprint density at radius 3 is 2.25 bits per heavy atom. The van der Waals surface area contributed by atoms with Crippen LogP contribution >= 0.6 is 0 Å². The molecule has 0 amide bonds. The SMILES string of the molecule is CC1O[C@H](CO)[C@@H](O)[C@H](O)[C@H]1C. The summed E-state index contributed by atoms with van der Waals surface area (Å²) >= 11 is 0. The van der Waals surface area contributed by atoms with Crippen LogP contribution in [0.4, 0.5) is 0 Å². The molecule has 0 bridgehead atoms. The van der Waals surface area contributed by atoms with Gasteiger partial charge in [0, 0.05) is 5.92 Å². The molecular formula is C8H16O4. The lowest BCUT2D eigenvalue weighted by Crippen LogP contribution is -2.53. The van der Waals surface area contributed by atoms with Gasteiger partial charge in [0.15, 0.2) is 0 Å². The van der Waals surface area contributed by atoms with Crippen molar-refractivity contribution in [3.05, 3.63) is 0 Å². The van der Waals surface area contributed by atoms with E-state index in [9.17, 15) is 10.2 Å². The molecule has 0 aromatic rings. The molecule has 1 aliphatic heterocycles. The maximum absolute atomic E-state index is 9.48. The van der Waals surface area contributed by atoms with E-state index in [2.05, 4.69) is 0 Å². The highest BCUT2D eigenvalue weighted by molar-refractivity contribution is 4.87. The van der Waals surface area contributed by atoms with Gasteiger partial charge < -0.3 is 20.1 Å². The minimum Gasteiger partial charge on any atom is -0.394 e. The first-order valence-corrected chi connectivity index (χ1v) is 4.20. The smallest absolute Gasteiger partial charge is 0.109 e. The van der Waals surface area contributed by atoms with Gasteiger partial charge in [-0.2, -0.15) is 0 Å². The van der Waals surface area contributed by atoms with Gasteiger partial charge in [0.05, 0.1) is 18.8 Å². The summed E-state index contributed by atoms with van der Waals surface area (Å²) in [6, 6.07) is 0. The van der Waals surface area contributed by atoms with Crippen molar-refractivity contribution in [3.63, 3.8) is 0 Å². The summed E-state index contributed by atoms with van der Waals surface area (Å²) in [6.45, 7) is 3.38. The molecule has 0 aliphatic carbocycles. The Bertz CT molecular complexity index is 145. The monoisotopic (exact) mass is 176 g/mol. The molecule has 4 nitrogen and oxygen atoms in total. The van der Waals surface area contributed by atoms with E-state index in [1.165, 1.54) is 0 Å². The van der Waals surface area contributed by atoms with Crippen LogP contribution in [0.1, 0.15) is 13.8 Å². The summed E-state index contributed by atoms with van der Waals surface area (Å²) in [5.74, 6) is -0.0946. The second-order valence-corrected chi connectivity index (χ2v) is 3.40. The van der Waals surface area contributed by atoms with Crippen molar-refractivity contribution < 1.29 is 20.1 Å². The molecule has 1 fully saturated rings. The second-order valence-electron chi connectivity index (χ2n) is 3.40. The van der Waals surface area contributed by atoms with E-state index in [4.69, 9.17) is 9.84 Å². The Kier molecular flexibility index (Phi) is 3.06. The van der Waals surface area contributed by atoms with Crippen LogP contribution in [0.3, 0.4) is 0 Å². The Hall–Kier alpha value is -0.160. The minimum atomic E-state index is -0.971. The third-order valence-electron chi connectivity index (χ3n) is 2.58. The van der Waals surface area contributed by atoms with E-state index in [0.29, 0.717) is 0 Å². The largest absolute Gasteiger partial charge is 0.394 e. The average Bonchev–Trinajstić information content (AvgIpc) is 2.08. The molecule has 3 N–H and O–H groups in total. The van der Waals surface area contributed by atoms with Crippen LogP contribution in [-0.4, -0.2) is 46.3 Å².